The van der Waals surface area contributed by atoms with E-state index in [9.17, 15) is 9.59 Å². The average molecular weight is 765 g/mol. The standard InChI is InChI=1S/C22H22O7.C22H22O5/c1-24-19-9-14(10-20(25-2)21(19)26-3)7-16-15(11-27-22(16)23)6-13-4-5-17-18(8-13)29-12-28-17;1-13-6-16(10-20(24-3)14(13)2)8-18-17(11-25-22(18)23)7-15-4-5-19-21(9-15)27-12-26-19/h4-5,7-10,15H,6,11-12H2,1-3H3;4-6,8-10,17H,7,11-12H2,1-3H3/b16-7-;18-8+. The molecule has 0 bridgehead atoms. The van der Waals surface area contributed by atoms with Crippen molar-refractivity contribution in [3.05, 3.63) is 105 Å². The quantitative estimate of drug-likeness (QED) is 0.121. The zero-order chi connectivity index (χ0) is 39.3. The first-order valence-electron chi connectivity index (χ1n) is 18.2. The fourth-order valence-corrected chi connectivity index (χ4v) is 7.12. The summed E-state index contributed by atoms with van der Waals surface area (Å²) in [6.45, 7) is 5.28. The van der Waals surface area contributed by atoms with Crippen LogP contribution < -0.4 is 37.9 Å². The van der Waals surface area contributed by atoms with Gasteiger partial charge in [-0.1, -0.05) is 18.2 Å². The van der Waals surface area contributed by atoms with Gasteiger partial charge >= 0.3 is 11.9 Å². The van der Waals surface area contributed by atoms with Gasteiger partial charge in [0, 0.05) is 23.0 Å². The van der Waals surface area contributed by atoms with E-state index in [0.717, 1.165) is 62.1 Å². The maximum absolute atomic E-state index is 12.4. The number of aryl methyl sites for hydroxylation is 1. The zero-order valence-corrected chi connectivity index (χ0v) is 32.2. The molecule has 8 rings (SSSR count). The molecule has 12 heteroatoms. The Hall–Kier alpha value is -6.30. The number of fused-ring (bicyclic) bond motifs is 2. The van der Waals surface area contributed by atoms with E-state index < -0.39 is 0 Å². The van der Waals surface area contributed by atoms with Crippen molar-refractivity contribution in [2.45, 2.75) is 26.7 Å². The van der Waals surface area contributed by atoms with E-state index in [1.54, 1.807) is 40.6 Å². The lowest BCUT2D eigenvalue weighted by Gasteiger charge is -2.14. The number of ether oxygens (including phenoxy) is 10. The van der Waals surface area contributed by atoms with Crippen LogP contribution in [0.4, 0.5) is 0 Å². The fraction of sp³-hybridized carbons (Fsp3) is 0.318. The van der Waals surface area contributed by atoms with Gasteiger partial charge in [-0.05, 0) is 115 Å². The normalized spacial score (nSPS) is 19.0. The molecule has 2 atom stereocenters. The smallest absolute Gasteiger partial charge is 0.334 e. The highest BCUT2D eigenvalue weighted by Gasteiger charge is 2.32. The SMILES string of the molecule is COc1cc(/C=C2/C(=O)OCC2Cc2ccc3c(c2)OCO3)cc(C)c1C.COc1cc(/C=C2\C(=O)OCC2Cc2ccc3c(c2)OCO3)cc(OC)c1OC. The molecule has 12 nitrogen and oxygen atoms in total. The number of rotatable bonds is 10. The molecule has 4 aliphatic heterocycles. The summed E-state index contributed by atoms with van der Waals surface area (Å²) < 4.78 is 53.9. The molecule has 0 aromatic heterocycles. The molecule has 0 amide bonds. The van der Waals surface area contributed by atoms with Crippen molar-refractivity contribution < 1.29 is 57.0 Å². The lowest BCUT2D eigenvalue weighted by Crippen LogP contribution is -2.07. The van der Waals surface area contributed by atoms with Crippen molar-refractivity contribution in [1.29, 1.82) is 0 Å². The Bertz CT molecular complexity index is 2180. The molecule has 2 saturated heterocycles. The molecule has 0 spiro atoms. The van der Waals surface area contributed by atoms with Gasteiger partial charge in [0.05, 0.1) is 41.7 Å². The van der Waals surface area contributed by atoms with Gasteiger partial charge in [0.2, 0.25) is 19.3 Å². The average Bonchev–Trinajstić information content (AvgIpc) is 4.02. The van der Waals surface area contributed by atoms with Gasteiger partial charge in [-0.3, -0.25) is 0 Å². The predicted octanol–water partition coefficient (Wildman–Crippen LogP) is 7.08. The third kappa shape index (κ3) is 8.05. The van der Waals surface area contributed by atoms with Crippen LogP contribution in [0.2, 0.25) is 0 Å². The first-order chi connectivity index (χ1) is 27.2. The molecule has 4 aromatic carbocycles. The molecule has 2 fully saturated rings. The van der Waals surface area contributed by atoms with Crippen molar-refractivity contribution in [1.82, 2.24) is 0 Å². The van der Waals surface area contributed by atoms with Gasteiger partial charge in [0.25, 0.3) is 0 Å². The second-order valence-electron chi connectivity index (χ2n) is 13.7. The Morgan fingerprint density at radius 3 is 1.46 bits per heavy atom. The molecule has 4 heterocycles. The Morgan fingerprint density at radius 1 is 0.554 bits per heavy atom. The summed E-state index contributed by atoms with van der Waals surface area (Å²) >= 11 is 0. The zero-order valence-electron chi connectivity index (χ0n) is 32.2. The van der Waals surface area contributed by atoms with Crippen molar-refractivity contribution in [3.8, 4) is 46.0 Å². The second kappa shape index (κ2) is 16.6. The molecule has 4 aliphatic rings. The van der Waals surface area contributed by atoms with Crippen molar-refractivity contribution >= 4 is 24.1 Å². The van der Waals surface area contributed by atoms with Crippen molar-refractivity contribution in [2.75, 3.05) is 55.2 Å². The molecule has 56 heavy (non-hydrogen) atoms. The van der Waals surface area contributed by atoms with Crippen LogP contribution in [0, 0.1) is 25.7 Å². The highest BCUT2D eigenvalue weighted by molar-refractivity contribution is 5.97. The van der Waals surface area contributed by atoms with Crippen LogP contribution in [-0.2, 0) is 31.9 Å². The Kier molecular flexibility index (Phi) is 11.3. The maximum atomic E-state index is 12.4. The Balaban J connectivity index is 0.000000172. The van der Waals surface area contributed by atoms with Gasteiger partial charge in [-0.25, -0.2) is 9.59 Å². The van der Waals surface area contributed by atoms with E-state index in [1.807, 2.05) is 68.5 Å². The van der Waals surface area contributed by atoms with Crippen LogP contribution in [0.3, 0.4) is 0 Å². The van der Waals surface area contributed by atoms with E-state index in [4.69, 9.17) is 47.4 Å². The number of esters is 2. The number of benzene rings is 4. The van der Waals surface area contributed by atoms with E-state index in [0.29, 0.717) is 54.5 Å². The molecule has 0 saturated carbocycles. The summed E-state index contributed by atoms with van der Waals surface area (Å²) in [5.74, 6) is 4.72. The maximum Gasteiger partial charge on any atom is 0.334 e. The topological polar surface area (TPSA) is 126 Å². The molecule has 0 radical (unpaired) electrons. The van der Waals surface area contributed by atoms with E-state index in [-0.39, 0.29) is 37.4 Å². The van der Waals surface area contributed by atoms with Crippen LogP contribution >= 0.6 is 0 Å². The van der Waals surface area contributed by atoms with Crippen LogP contribution in [-0.4, -0.2) is 67.2 Å². The minimum Gasteiger partial charge on any atom is -0.496 e. The van der Waals surface area contributed by atoms with E-state index >= 15 is 0 Å². The highest BCUT2D eigenvalue weighted by Crippen LogP contribution is 2.40. The number of carbonyl (C=O) groups is 2. The summed E-state index contributed by atoms with van der Waals surface area (Å²) in [6.07, 6.45) is 5.09. The fourth-order valence-electron chi connectivity index (χ4n) is 7.12. The number of hydrogen-bond donors (Lipinski definition) is 0. The third-order valence-corrected chi connectivity index (χ3v) is 10.2. The number of methoxy groups -OCH3 is 4. The van der Waals surface area contributed by atoms with E-state index in [1.165, 1.54) is 0 Å². The Labute approximate surface area is 325 Å². The van der Waals surface area contributed by atoms with Gasteiger partial charge in [0.1, 0.15) is 5.75 Å². The van der Waals surface area contributed by atoms with Crippen molar-refractivity contribution in [2.24, 2.45) is 11.8 Å². The van der Waals surface area contributed by atoms with Crippen molar-refractivity contribution in [3.63, 3.8) is 0 Å². The molecular formula is C44H44O12. The summed E-state index contributed by atoms with van der Waals surface area (Å²) in [6, 6.07) is 19.3. The van der Waals surface area contributed by atoms with E-state index in [2.05, 4.69) is 6.07 Å². The minimum atomic E-state index is -0.315. The van der Waals surface area contributed by atoms with Crippen LogP contribution in [0.25, 0.3) is 12.2 Å². The summed E-state index contributed by atoms with van der Waals surface area (Å²) in [7, 11) is 6.32. The number of hydrogen-bond acceptors (Lipinski definition) is 12. The molecule has 292 valence electrons. The summed E-state index contributed by atoms with van der Waals surface area (Å²) in [4.78, 5) is 24.7. The monoisotopic (exact) mass is 764 g/mol. The molecule has 4 aromatic rings. The van der Waals surface area contributed by atoms with Crippen LogP contribution in [0.1, 0.15) is 33.4 Å². The molecular weight excluding hydrogens is 720 g/mol. The minimum absolute atomic E-state index is 0.00507. The molecule has 0 N–H and O–H groups in total. The molecule has 0 aliphatic carbocycles. The third-order valence-electron chi connectivity index (χ3n) is 10.2. The lowest BCUT2D eigenvalue weighted by molar-refractivity contribution is -0.135. The summed E-state index contributed by atoms with van der Waals surface area (Å²) in [5, 5.41) is 0. The molecule has 2 unspecified atom stereocenters. The first-order valence-corrected chi connectivity index (χ1v) is 18.2. The first kappa shape index (κ1) is 38.0. The highest BCUT2D eigenvalue weighted by atomic mass is 16.7. The largest absolute Gasteiger partial charge is 0.496 e. The van der Waals surface area contributed by atoms with Gasteiger partial charge < -0.3 is 47.4 Å². The van der Waals surface area contributed by atoms with Crippen LogP contribution in [0.5, 0.6) is 46.0 Å². The van der Waals surface area contributed by atoms with Gasteiger partial charge in [-0.15, -0.1) is 0 Å². The Morgan fingerprint density at radius 2 is 1.00 bits per heavy atom. The lowest BCUT2D eigenvalue weighted by atomic mass is 9.92. The van der Waals surface area contributed by atoms with Gasteiger partial charge in [0.15, 0.2) is 34.5 Å². The summed E-state index contributed by atoms with van der Waals surface area (Å²) in [5.41, 5.74) is 7.38. The number of cyclic esters (lactones) is 2. The van der Waals surface area contributed by atoms with Crippen LogP contribution in [0.15, 0.2) is 71.8 Å². The number of carbonyl (C=O) groups excluding carboxylic acids is 2. The van der Waals surface area contributed by atoms with Gasteiger partial charge in [-0.2, -0.15) is 0 Å². The predicted molar refractivity (Wildman–Crippen MR) is 206 cm³/mol. The second-order valence-corrected chi connectivity index (χ2v) is 13.7.